The monoisotopic (exact) mass is 308 g/mol. The topological polar surface area (TPSA) is 60.7 Å². The molecule has 21 heavy (non-hydrogen) atoms. The van der Waals surface area contributed by atoms with Crippen molar-refractivity contribution in [2.45, 2.75) is 49.5 Å². The highest BCUT2D eigenvalue weighted by Gasteiger charge is 2.51. The fourth-order valence-corrected chi connectivity index (χ4v) is 5.78. The van der Waals surface area contributed by atoms with E-state index in [9.17, 15) is 15.3 Å². The minimum atomic E-state index is -0.202. The standard InChI is InChI=1S/C17H21ClO3/c18-13-7-12-10(3-4-14(12)20)11-2-1-8-5-9(19)6-15(21)16(8)17(11)13/h5-6,10-14,17,19-21H,1-4,7H2/t10-,11-,12-,13-,14?,17+/m0/s1. The number of aliphatic hydroxyl groups excluding tert-OH is 1. The van der Waals surface area contributed by atoms with Gasteiger partial charge in [-0.15, -0.1) is 11.6 Å². The summed E-state index contributed by atoms with van der Waals surface area (Å²) in [6.45, 7) is 0. The zero-order valence-electron chi connectivity index (χ0n) is 11.9. The van der Waals surface area contributed by atoms with Gasteiger partial charge in [-0.05, 0) is 61.5 Å². The van der Waals surface area contributed by atoms with Crippen LogP contribution in [0.2, 0.25) is 0 Å². The normalized spacial score (nSPS) is 41.2. The first-order valence-corrected chi connectivity index (χ1v) is 8.36. The number of hydrogen-bond acceptors (Lipinski definition) is 3. The maximum Gasteiger partial charge on any atom is 0.123 e. The lowest BCUT2D eigenvalue weighted by molar-refractivity contribution is 0.0581. The van der Waals surface area contributed by atoms with Crippen LogP contribution in [0.1, 0.15) is 42.7 Å². The summed E-state index contributed by atoms with van der Waals surface area (Å²) in [7, 11) is 0. The van der Waals surface area contributed by atoms with E-state index in [4.69, 9.17) is 11.6 Å². The highest BCUT2D eigenvalue weighted by atomic mass is 35.5. The average Bonchev–Trinajstić information content (AvgIpc) is 2.79. The average molecular weight is 309 g/mol. The summed E-state index contributed by atoms with van der Waals surface area (Å²) in [6, 6.07) is 3.20. The smallest absolute Gasteiger partial charge is 0.123 e. The van der Waals surface area contributed by atoms with Gasteiger partial charge in [0, 0.05) is 22.9 Å². The predicted molar refractivity (Wildman–Crippen MR) is 80.8 cm³/mol. The third kappa shape index (κ3) is 1.97. The minimum absolute atomic E-state index is 0.0431. The first-order valence-electron chi connectivity index (χ1n) is 7.93. The molecular formula is C17H21ClO3. The number of fused-ring (bicyclic) bond motifs is 5. The molecule has 3 aliphatic carbocycles. The minimum Gasteiger partial charge on any atom is -0.508 e. The molecule has 0 amide bonds. The fourth-order valence-electron chi connectivity index (χ4n) is 5.26. The molecule has 0 aliphatic heterocycles. The van der Waals surface area contributed by atoms with Crippen molar-refractivity contribution >= 4 is 11.6 Å². The molecule has 3 N–H and O–H groups in total. The van der Waals surface area contributed by atoms with E-state index in [2.05, 4.69) is 0 Å². The molecule has 0 spiro atoms. The third-order valence-electron chi connectivity index (χ3n) is 6.05. The summed E-state index contributed by atoms with van der Waals surface area (Å²) in [6.07, 6.45) is 4.50. The van der Waals surface area contributed by atoms with Gasteiger partial charge in [-0.1, -0.05) is 0 Å². The lowest BCUT2D eigenvalue weighted by atomic mass is 9.60. The molecule has 0 radical (unpaired) electrons. The van der Waals surface area contributed by atoms with Gasteiger partial charge in [0.1, 0.15) is 11.5 Å². The van der Waals surface area contributed by atoms with Crippen LogP contribution in [0.4, 0.5) is 0 Å². The van der Waals surface area contributed by atoms with Crippen molar-refractivity contribution in [3.63, 3.8) is 0 Å². The van der Waals surface area contributed by atoms with Crippen LogP contribution in [0.5, 0.6) is 11.5 Å². The van der Waals surface area contributed by atoms with Gasteiger partial charge >= 0.3 is 0 Å². The second kappa shape index (κ2) is 4.79. The molecule has 4 heteroatoms. The number of rotatable bonds is 0. The molecule has 0 bridgehead atoms. The van der Waals surface area contributed by atoms with Gasteiger partial charge < -0.3 is 15.3 Å². The van der Waals surface area contributed by atoms with Crippen molar-refractivity contribution in [2.24, 2.45) is 17.8 Å². The van der Waals surface area contributed by atoms with Gasteiger partial charge in [-0.3, -0.25) is 0 Å². The molecule has 3 aliphatic rings. The molecule has 1 aromatic carbocycles. The summed E-state index contributed by atoms with van der Waals surface area (Å²) in [4.78, 5) is 0. The SMILES string of the molecule is Oc1cc(O)c2c(c1)CC[C@H]1[C@@H]3CCC(O)[C@H]3C[C@H](Cl)[C@H]21. The van der Waals surface area contributed by atoms with Crippen LogP contribution in [-0.4, -0.2) is 26.8 Å². The van der Waals surface area contributed by atoms with Gasteiger partial charge in [-0.25, -0.2) is 0 Å². The van der Waals surface area contributed by atoms with Crippen LogP contribution in [0.3, 0.4) is 0 Å². The van der Waals surface area contributed by atoms with Crippen LogP contribution < -0.4 is 0 Å². The first-order chi connectivity index (χ1) is 10.1. The quantitative estimate of drug-likeness (QED) is 0.645. The summed E-state index contributed by atoms with van der Waals surface area (Å²) >= 11 is 6.68. The highest BCUT2D eigenvalue weighted by Crippen LogP contribution is 2.58. The molecule has 0 saturated heterocycles. The Labute approximate surface area is 129 Å². The molecule has 6 atom stereocenters. The van der Waals surface area contributed by atoms with Crippen molar-refractivity contribution in [3.05, 3.63) is 23.3 Å². The lowest BCUT2D eigenvalue weighted by Crippen LogP contribution is -2.42. The molecular weight excluding hydrogens is 288 g/mol. The molecule has 2 fully saturated rings. The third-order valence-corrected chi connectivity index (χ3v) is 6.50. The number of phenolic OH excluding ortho intramolecular Hbond substituents is 2. The van der Waals surface area contributed by atoms with E-state index in [1.54, 1.807) is 6.07 Å². The number of aromatic hydroxyl groups is 2. The molecule has 1 unspecified atom stereocenters. The molecule has 1 aromatic rings. The molecule has 0 aromatic heterocycles. The van der Waals surface area contributed by atoms with E-state index in [0.717, 1.165) is 43.2 Å². The second-order valence-corrected chi connectivity index (χ2v) is 7.55. The Bertz CT molecular complexity index is 573. The van der Waals surface area contributed by atoms with E-state index in [1.807, 2.05) is 0 Å². The number of halogens is 1. The van der Waals surface area contributed by atoms with E-state index in [0.29, 0.717) is 17.8 Å². The van der Waals surface area contributed by atoms with Crippen LogP contribution in [0, 0.1) is 17.8 Å². The zero-order chi connectivity index (χ0) is 14.7. The molecule has 3 nitrogen and oxygen atoms in total. The Morgan fingerprint density at radius 3 is 2.62 bits per heavy atom. The van der Waals surface area contributed by atoms with Crippen LogP contribution in [0.15, 0.2) is 12.1 Å². The van der Waals surface area contributed by atoms with Crippen molar-refractivity contribution < 1.29 is 15.3 Å². The maximum absolute atomic E-state index is 10.3. The summed E-state index contributed by atoms with van der Waals surface area (Å²) < 4.78 is 0. The highest BCUT2D eigenvalue weighted by molar-refractivity contribution is 6.21. The first kappa shape index (κ1) is 13.7. The summed E-state index contributed by atoms with van der Waals surface area (Å²) in [5.41, 5.74) is 1.99. The van der Waals surface area contributed by atoms with E-state index < -0.39 is 0 Å². The number of phenols is 2. The molecule has 114 valence electrons. The lowest BCUT2D eigenvalue weighted by Gasteiger charge is -2.47. The molecule has 4 rings (SSSR count). The number of alkyl halides is 1. The van der Waals surface area contributed by atoms with Gasteiger partial charge in [0.2, 0.25) is 0 Å². The van der Waals surface area contributed by atoms with Crippen molar-refractivity contribution in [2.75, 3.05) is 0 Å². The number of aliphatic hydroxyl groups is 1. The van der Waals surface area contributed by atoms with Crippen molar-refractivity contribution in [3.8, 4) is 11.5 Å². The summed E-state index contributed by atoms with van der Waals surface area (Å²) in [5.74, 6) is 1.77. The maximum atomic E-state index is 10.3. The fraction of sp³-hybridized carbons (Fsp3) is 0.647. The number of hydrogen-bond donors (Lipinski definition) is 3. The molecule has 2 saturated carbocycles. The van der Waals surface area contributed by atoms with Gasteiger partial charge in [-0.2, -0.15) is 0 Å². The van der Waals surface area contributed by atoms with Crippen molar-refractivity contribution in [1.29, 1.82) is 0 Å². The van der Waals surface area contributed by atoms with Gasteiger partial charge in [0.05, 0.1) is 6.10 Å². The summed E-state index contributed by atoms with van der Waals surface area (Å²) in [5, 5.41) is 30.1. The Balaban J connectivity index is 1.77. The largest absolute Gasteiger partial charge is 0.508 e. The Kier molecular flexibility index (Phi) is 3.13. The Hall–Kier alpha value is -0.930. The predicted octanol–water partition coefficient (Wildman–Crippen LogP) is 3.14. The van der Waals surface area contributed by atoms with Crippen LogP contribution in [0.25, 0.3) is 0 Å². The van der Waals surface area contributed by atoms with Gasteiger partial charge in [0.15, 0.2) is 0 Å². The van der Waals surface area contributed by atoms with Gasteiger partial charge in [0.25, 0.3) is 0 Å². The zero-order valence-corrected chi connectivity index (χ0v) is 12.6. The second-order valence-electron chi connectivity index (χ2n) is 6.99. The number of benzene rings is 1. The number of aryl methyl sites for hydroxylation is 1. The van der Waals surface area contributed by atoms with E-state index >= 15 is 0 Å². The van der Waals surface area contributed by atoms with Crippen LogP contribution >= 0.6 is 11.6 Å². The van der Waals surface area contributed by atoms with Crippen LogP contribution in [-0.2, 0) is 6.42 Å². The van der Waals surface area contributed by atoms with E-state index in [1.165, 1.54) is 6.07 Å². The Morgan fingerprint density at radius 1 is 1.00 bits per heavy atom. The van der Waals surface area contributed by atoms with Crippen molar-refractivity contribution in [1.82, 2.24) is 0 Å². The Morgan fingerprint density at radius 2 is 1.81 bits per heavy atom. The molecule has 0 heterocycles. The van der Waals surface area contributed by atoms with E-state index in [-0.39, 0.29) is 28.9 Å².